The lowest BCUT2D eigenvalue weighted by molar-refractivity contribution is -0.140. The summed E-state index contributed by atoms with van der Waals surface area (Å²) in [6.07, 6.45) is 17.5. The minimum absolute atomic E-state index is 0.227. The first kappa shape index (κ1) is 24.3. The van der Waals surface area contributed by atoms with E-state index in [2.05, 4.69) is 6.92 Å². The largest absolute Gasteiger partial charge is 0.388 e. The van der Waals surface area contributed by atoms with Crippen molar-refractivity contribution in [1.29, 1.82) is 0 Å². The van der Waals surface area contributed by atoms with E-state index in [-0.39, 0.29) is 6.42 Å². The van der Waals surface area contributed by atoms with Crippen molar-refractivity contribution in [3.05, 3.63) is 0 Å². The van der Waals surface area contributed by atoms with Crippen molar-refractivity contribution in [2.75, 3.05) is 6.61 Å². The van der Waals surface area contributed by atoms with Gasteiger partial charge in [-0.3, -0.25) is 9.59 Å². The van der Waals surface area contributed by atoms with Crippen LogP contribution in [0.25, 0.3) is 0 Å². The summed E-state index contributed by atoms with van der Waals surface area (Å²) >= 11 is 0. The summed E-state index contributed by atoms with van der Waals surface area (Å²) in [7, 11) is 0. The molecule has 0 rings (SSSR count). The SMILES string of the molecule is CCCCCCCCCCCCCCCCCC(=O)C(O)C(=O)CO. The van der Waals surface area contributed by atoms with E-state index >= 15 is 0 Å². The van der Waals surface area contributed by atoms with Gasteiger partial charge in [0.2, 0.25) is 0 Å². The Labute approximate surface area is 154 Å². The summed E-state index contributed by atoms with van der Waals surface area (Å²) in [5.74, 6) is -1.26. The number of unbranched alkanes of at least 4 members (excludes halogenated alkanes) is 14. The summed E-state index contributed by atoms with van der Waals surface area (Å²) < 4.78 is 0. The molecule has 1 atom stereocenters. The third-order valence-corrected chi connectivity index (χ3v) is 4.79. The second-order valence-corrected chi connectivity index (χ2v) is 7.19. The predicted molar refractivity (Wildman–Crippen MR) is 103 cm³/mol. The number of rotatable bonds is 19. The third-order valence-electron chi connectivity index (χ3n) is 4.79. The maximum absolute atomic E-state index is 11.5. The van der Waals surface area contributed by atoms with Crippen molar-refractivity contribution < 1.29 is 19.8 Å². The molecule has 25 heavy (non-hydrogen) atoms. The molecule has 0 aromatic rings. The monoisotopic (exact) mass is 356 g/mol. The highest BCUT2D eigenvalue weighted by Crippen LogP contribution is 2.14. The third kappa shape index (κ3) is 15.2. The van der Waals surface area contributed by atoms with Crippen LogP contribution in [0.15, 0.2) is 0 Å². The minimum Gasteiger partial charge on any atom is -0.388 e. The standard InChI is InChI=1S/C21H40O4/c1-2-3-4-5-6-7-8-9-10-11-12-13-14-15-16-17-19(23)21(25)20(24)18-22/h21-22,25H,2-18H2,1H3. The molecule has 2 N–H and O–H groups in total. The summed E-state index contributed by atoms with van der Waals surface area (Å²) in [5, 5.41) is 17.9. The molecule has 0 amide bonds. The highest BCUT2D eigenvalue weighted by atomic mass is 16.3. The second kappa shape index (κ2) is 18.1. The normalized spacial score (nSPS) is 12.3. The van der Waals surface area contributed by atoms with Gasteiger partial charge in [-0.25, -0.2) is 0 Å². The molecule has 0 bridgehead atoms. The average Bonchev–Trinajstić information content (AvgIpc) is 2.63. The summed E-state index contributed by atoms with van der Waals surface area (Å²) in [4.78, 5) is 22.5. The molecular weight excluding hydrogens is 316 g/mol. The first-order chi connectivity index (χ1) is 12.1. The fourth-order valence-corrected chi connectivity index (χ4v) is 3.07. The molecule has 0 saturated heterocycles. The van der Waals surface area contributed by atoms with Gasteiger partial charge in [0.1, 0.15) is 6.61 Å². The molecule has 0 aromatic heterocycles. The quantitative estimate of drug-likeness (QED) is 0.259. The number of Topliss-reactive ketones (excluding diaryl/α,β-unsaturated/α-hetero) is 2. The number of ketones is 2. The Kier molecular flexibility index (Phi) is 17.5. The Morgan fingerprint density at radius 3 is 1.36 bits per heavy atom. The van der Waals surface area contributed by atoms with Gasteiger partial charge in [-0.1, -0.05) is 96.8 Å². The Balaban J connectivity index is 3.24. The van der Waals surface area contributed by atoms with Gasteiger partial charge in [-0.15, -0.1) is 0 Å². The maximum atomic E-state index is 11.5. The minimum atomic E-state index is -1.63. The van der Waals surface area contributed by atoms with Crippen LogP contribution < -0.4 is 0 Å². The van der Waals surface area contributed by atoms with Crippen LogP contribution >= 0.6 is 0 Å². The molecule has 0 aromatic carbocycles. The van der Waals surface area contributed by atoms with Crippen molar-refractivity contribution >= 4 is 11.6 Å². The predicted octanol–water partition coefficient (Wildman–Crippen LogP) is 4.74. The molecule has 0 aliphatic rings. The van der Waals surface area contributed by atoms with E-state index in [1.165, 1.54) is 77.0 Å². The zero-order valence-corrected chi connectivity index (χ0v) is 16.3. The van der Waals surface area contributed by atoms with Crippen molar-refractivity contribution in [3.63, 3.8) is 0 Å². The number of hydrogen-bond acceptors (Lipinski definition) is 4. The van der Waals surface area contributed by atoms with Crippen molar-refractivity contribution in [3.8, 4) is 0 Å². The topological polar surface area (TPSA) is 74.6 Å². The molecule has 0 fully saturated rings. The molecule has 0 saturated carbocycles. The van der Waals surface area contributed by atoms with Crippen molar-refractivity contribution in [1.82, 2.24) is 0 Å². The van der Waals surface area contributed by atoms with E-state index in [0.717, 1.165) is 12.8 Å². The van der Waals surface area contributed by atoms with E-state index in [0.29, 0.717) is 6.42 Å². The Morgan fingerprint density at radius 1 is 0.640 bits per heavy atom. The highest BCUT2D eigenvalue weighted by molar-refractivity contribution is 6.05. The molecule has 4 nitrogen and oxygen atoms in total. The Bertz CT molecular complexity index is 328. The van der Waals surface area contributed by atoms with Crippen LogP contribution in [0.3, 0.4) is 0 Å². The Morgan fingerprint density at radius 2 is 1.00 bits per heavy atom. The molecule has 0 aliphatic carbocycles. The number of aliphatic hydroxyl groups is 2. The van der Waals surface area contributed by atoms with Gasteiger partial charge in [0.05, 0.1) is 0 Å². The molecule has 0 spiro atoms. The van der Waals surface area contributed by atoms with Crippen LogP contribution in [0.5, 0.6) is 0 Å². The van der Waals surface area contributed by atoms with E-state index in [1.54, 1.807) is 0 Å². The zero-order valence-electron chi connectivity index (χ0n) is 16.3. The van der Waals surface area contributed by atoms with Crippen LogP contribution in [0.2, 0.25) is 0 Å². The molecule has 0 radical (unpaired) electrons. The van der Waals surface area contributed by atoms with Gasteiger partial charge < -0.3 is 10.2 Å². The summed E-state index contributed by atoms with van der Waals surface area (Å²) in [5.41, 5.74) is 0. The first-order valence-corrected chi connectivity index (χ1v) is 10.5. The molecule has 1 unspecified atom stereocenters. The van der Waals surface area contributed by atoms with Crippen LogP contribution in [-0.4, -0.2) is 34.5 Å². The lowest BCUT2D eigenvalue weighted by Crippen LogP contribution is -2.31. The smallest absolute Gasteiger partial charge is 0.194 e. The number of carbonyl (C=O) groups is 2. The maximum Gasteiger partial charge on any atom is 0.194 e. The lowest BCUT2D eigenvalue weighted by Gasteiger charge is -2.06. The van der Waals surface area contributed by atoms with Crippen LogP contribution in [0.4, 0.5) is 0 Å². The van der Waals surface area contributed by atoms with Crippen molar-refractivity contribution in [2.24, 2.45) is 0 Å². The van der Waals surface area contributed by atoms with E-state index < -0.39 is 24.3 Å². The van der Waals surface area contributed by atoms with Crippen LogP contribution in [-0.2, 0) is 9.59 Å². The number of hydrogen-bond donors (Lipinski definition) is 2. The molecule has 0 heterocycles. The van der Waals surface area contributed by atoms with Crippen molar-refractivity contribution in [2.45, 2.75) is 116 Å². The van der Waals surface area contributed by atoms with Gasteiger partial charge in [0.15, 0.2) is 17.7 Å². The summed E-state index contributed by atoms with van der Waals surface area (Å²) in [6, 6.07) is 0. The first-order valence-electron chi connectivity index (χ1n) is 10.5. The Hall–Kier alpha value is -0.740. The van der Waals surface area contributed by atoms with Gasteiger partial charge in [0.25, 0.3) is 0 Å². The molecule has 4 heteroatoms. The van der Waals surface area contributed by atoms with E-state index in [1.807, 2.05) is 0 Å². The fraction of sp³-hybridized carbons (Fsp3) is 0.905. The highest BCUT2D eigenvalue weighted by Gasteiger charge is 2.21. The van der Waals surface area contributed by atoms with E-state index in [4.69, 9.17) is 5.11 Å². The van der Waals surface area contributed by atoms with Crippen LogP contribution in [0, 0.1) is 0 Å². The van der Waals surface area contributed by atoms with E-state index in [9.17, 15) is 14.7 Å². The van der Waals surface area contributed by atoms with Gasteiger partial charge >= 0.3 is 0 Å². The number of aliphatic hydroxyl groups excluding tert-OH is 2. The fourth-order valence-electron chi connectivity index (χ4n) is 3.07. The average molecular weight is 357 g/mol. The van der Waals surface area contributed by atoms with Gasteiger partial charge in [-0.05, 0) is 6.42 Å². The molecule has 0 aliphatic heterocycles. The molecular formula is C21H40O4. The number of carbonyl (C=O) groups excluding carboxylic acids is 2. The zero-order chi connectivity index (χ0) is 18.8. The summed E-state index contributed by atoms with van der Waals surface area (Å²) in [6.45, 7) is 1.48. The lowest BCUT2D eigenvalue weighted by atomic mass is 10.0. The second-order valence-electron chi connectivity index (χ2n) is 7.19. The van der Waals surface area contributed by atoms with Gasteiger partial charge in [-0.2, -0.15) is 0 Å². The van der Waals surface area contributed by atoms with Crippen LogP contribution in [0.1, 0.15) is 110 Å². The van der Waals surface area contributed by atoms with Gasteiger partial charge in [0, 0.05) is 6.42 Å². The molecule has 148 valence electrons.